The average Bonchev–Trinajstić information content (AvgIpc) is 2.81. The molecule has 2 amide bonds. The maximum Gasteiger partial charge on any atom is 0.246 e. The van der Waals surface area contributed by atoms with Crippen LogP contribution in [0.4, 0.5) is 0 Å². The number of hydrogen-bond donors (Lipinski definition) is 0. The van der Waals surface area contributed by atoms with E-state index in [1.165, 1.54) is 0 Å². The molecule has 0 aromatic rings. The number of amides is 2. The van der Waals surface area contributed by atoms with Crippen molar-refractivity contribution < 1.29 is 14.3 Å². The minimum atomic E-state index is -0.0694. The predicted molar refractivity (Wildman–Crippen MR) is 81.9 cm³/mol. The van der Waals surface area contributed by atoms with Gasteiger partial charge in [-0.25, -0.2) is 0 Å². The minimum Gasteiger partial charge on any atom is -0.379 e. The van der Waals surface area contributed by atoms with Gasteiger partial charge in [-0.05, 0) is 14.1 Å². The molecule has 21 heavy (non-hydrogen) atoms. The van der Waals surface area contributed by atoms with Crippen molar-refractivity contribution in [3.8, 4) is 0 Å². The van der Waals surface area contributed by atoms with Crippen LogP contribution in [0, 0.1) is 5.92 Å². The highest BCUT2D eigenvalue weighted by Gasteiger charge is 2.36. The van der Waals surface area contributed by atoms with Gasteiger partial charge in [0, 0.05) is 59.3 Å². The summed E-state index contributed by atoms with van der Waals surface area (Å²) in [5.74, 6) is 0.120. The largest absolute Gasteiger partial charge is 0.379 e. The fourth-order valence-electron chi connectivity index (χ4n) is 2.36. The molecule has 120 valence electrons. The van der Waals surface area contributed by atoms with Gasteiger partial charge in [0.2, 0.25) is 11.8 Å². The van der Waals surface area contributed by atoms with Gasteiger partial charge in [-0.1, -0.05) is 6.08 Å². The zero-order valence-electron chi connectivity index (χ0n) is 13.7. The van der Waals surface area contributed by atoms with Gasteiger partial charge in [0.1, 0.15) is 0 Å². The second-order valence-corrected chi connectivity index (χ2v) is 5.93. The summed E-state index contributed by atoms with van der Waals surface area (Å²) in [5, 5.41) is 0. The van der Waals surface area contributed by atoms with Crippen molar-refractivity contribution in [3.05, 3.63) is 12.2 Å². The Labute approximate surface area is 127 Å². The molecule has 0 radical (unpaired) electrons. The molecule has 1 aliphatic heterocycles. The Balaban J connectivity index is 2.58. The third-order valence-electron chi connectivity index (χ3n) is 3.66. The van der Waals surface area contributed by atoms with E-state index in [1.807, 2.05) is 25.1 Å². The van der Waals surface area contributed by atoms with Crippen LogP contribution in [0.2, 0.25) is 0 Å². The van der Waals surface area contributed by atoms with E-state index < -0.39 is 0 Å². The smallest absolute Gasteiger partial charge is 0.246 e. The maximum atomic E-state index is 12.1. The van der Waals surface area contributed by atoms with Crippen LogP contribution in [-0.4, -0.2) is 87.6 Å². The molecule has 0 aliphatic carbocycles. The van der Waals surface area contributed by atoms with Crippen LogP contribution in [0.5, 0.6) is 0 Å². The first-order valence-electron chi connectivity index (χ1n) is 7.18. The summed E-state index contributed by atoms with van der Waals surface area (Å²) in [5.41, 5.74) is 0. The summed E-state index contributed by atoms with van der Waals surface area (Å²) in [6, 6.07) is 0. The first-order valence-corrected chi connectivity index (χ1v) is 7.18. The Morgan fingerprint density at radius 3 is 2.43 bits per heavy atom. The lowest BCUT2D eigenvalue weighted by Gasteiger charge is -2.18. The molecule has 1 fully saturated rings. The van der Waals surface area contributed by atoms with Crippen LogP contribution in [0.3, 0.4) is 0 Å². The number of rotatable bonds is 6. The van der Waals surface area contributed by atoms with E-state index in [1.54, 1.807) is 37.1 Å². The van der Waals surface area contributed by atoms with Gasteiger partial charge in [0.05, 0.1) is 6.10 Å². The first kappa shape index (κ1) is 17.7. The highest BCUT2D eigenvalue weighted by atomic mass is 16.5. The van der Waals surface area contributed by atoms with Crippen LogP contribution in [0.25, 0.3) is 0 Å². The molecule has 1 heterocycles. The number of carbonyl (C=O) groups excluding carboxylic acids is 2. The van der Waals surface area contributed by atoms with Crippen LogP contribution in [-0.2, 0) is 14.3 Å². The number of likely N-dealkylation sites (N-methyl/N-ethyl adjacent to an activating group) is 1. The van der Waals surface area contributed by atoms with Gasteiger partial charge >= 0.3 is 0 Å². The lowest BCUT2D eigenvalue weighted by molar-refractivity contribution is -0.130. The van der Waals surface area contributed by atoms with Crippen LogP contribution >= 0.6 is 0 Å². The number of carbonyl (C=O) groups is 2. The predicted octanol–water partition coefficient (Wildman–Crippen LogP) is 0.0559. The second kappa shape index (κ2) is 8.14. The number of likely N-dealkylation sites (tertiary alicyclic amines) is 1. The monoisotopic (exact) mass is 297 g/mol. The molecule has 0 unspecified atom stereocenters. The Bertz CT molecular complexity index is 394. The highest BCUT2D eigenvalue weighted by Crippen LogP contribution is 2.23. The van der Waals surface area contributed by atoms with Gasteiger partial charge in [-0.2, -0.15) is 0 Å². The summed E-state index contributed by atoms with van der Waals surface area (Å²) in [7, 11) is 9.02. The highest BCUT2D eigenvalue weighted by molar-refractivity contribution is 5.88. The standard InChI is InChI=1S/C15H27N3O3/c1-16(2)8-6-7-14(19)18-10-12(13(11-18)21-5)9-15(20)17(3)4/h6-7,12-13H,8-11H2,1-5H3/b7-6+/t12-,13+/m1/s1. The third-order valence-corrected chi connectivity index (χ3v) is 3.66. The molecule has 1 rings (SSSR count). The molecule has 6 nitrogen and oxygen atoms in total. The lowest BCUT2D eigenvalue weighted by atomic mass is 10.0. The molecule has 0 spiro atoms. The van der Waals surface area contributed by atoms with Gasteiger partial charge in [-0.15, -0.1) is 0 Å². The Morgan fingerprint density at radius 1 is 1.24 bits per heavy atom. The van der Waals surface area contributed by atoms with Crippen LogP contribution in [0.1, 0.15) is 6.42 Å². The zero-order valence-corrected chi connectivity index (χ0v) is 13.7. The van der Waals surface area contributed by atoms with Crippen molar-refractivity contribution in [1.82, 2.24) is 14.7 Å². The van der Waals surface area contributed by atoms with E-state index in [-0.39, 0.29) is 23.8 Å². The zero-order chi connectivity index (χ0) is 16.0. The van der Waals surface area contributed by atoms with Crippen molar-refractivity contribution in [3.63, 3.8) is 0 Å². The van der Waals surface area contributed by atoms with E-state index in [0.29, 0.717) is 19.5 Å². The summed E-state index contributed by atoms with van der Waals surface area (Å²) in [6.07, 6.45) is 3.79. The van der Waals surface area contributed by atoms with E-state index in [9.17, 15) is 9.59 Å². The Morgan fingerprint density at radius 2 is 1.90 bits per heavy atom. The molecule has 1 saturated heterocycles. The molecule has 0 bridgehead atoms. The van der Waals surface area contributed by atoms with E-state index in [2.05, 4.69) is 0 Å². The average molecular weight is 297 g/mol. The third kappa shape index (κ3) is 5.47. The molecule has 6 heteroatoms. The fourth-order valence-corrected chi connectivity index (χ4v) is 2.36. The van der Waals surface area contributed by atoms with Gasteiger partial charge in [-0.3, -0.25) is 9.59 Å². The van der Waals surface area contributed by atoms with E-state index in [4.69, 9.17) is 4.74 Å². The van der Waals surface area contributed by atoms with Gasteiger partial charge in [0.15, 0.2) is 0 Å². The number of nitrogens with zero attached hydrogens (tertiary/aromatic N) is 3. The second-order valence-electron chi connectivity index (χ2n) is 5.93. The minimum absolute atomic E-state index is 0.0151. The summed E-state index contributed by atoms with van der Waals surface area (Å²) >= 11 is 0. The molecule has 0 saturated carbocycles. The fraction of sp³-hybridized carbons (Fsp3) is 0.733. The maximum absolute atomic E-state index is 12.1. The Kier molecular flexibility index (Phi) is 6.84. The molecule has 2 atom stereocenters. The van der Waals surface area contributed by atoms with E-state index >= 15 is 0 Å². The molecule has 0 aromatic carbocycles. The van der Waals surface area contributed by atoms with Crippen molar-refractivity contribution in [2.24, 2.45) is 5.92 Å². The number of ether oxygens (including phenoxy) is 1. The molecule has 0 aromatic heterocycles. The van der Waals surface area contributed by atoms with Crippen LogP contribution in [0.15, 0.2) is 12.2 Å². The lowest BCUT2D eigenvalue weighted by Crippen LogP contribution is -2.29. The topological polar surface area (TPSA) is 53.1 Å². The van der Waals surface area contributed by atoms with E-state index in [0.717, 1.165) is 6.54 Å². The number of methoxy groups -OCH3 is 1. The van der Waals surface area contributed by atoms with Crippen molar-refractivity contribution in [1.29, 1.82) is 0 Å². The summed E-state index contributed by atoms with van der Waals surface area (Å²) in [6.45, 7) is 1.85. The summed E-state index contributed by atoms with van der Waals surface area (Å²) < 4.78 is 5.43. The van der Waals surface area contributed by atoms with Crippen molar-refractivity contribution in [2.75, 3.05) is 54.9 Å². The molecule has 0 N–H and O–H groups in total. The van der Waals surface area contributed by atoms with Gasteiger partial charge < -0.3 is 19.4 Å². The molecular formula is C15H27N3O3. The number of hydrogen-bond acceptors (Lipinski definition) is 4. The summed E-state index contributed by atoms with van der Waals surface area (Å²) in [4.78, 5) is 29.3. The first-order chi connectivity index (χ1) is 9.85. The molecular weight excluding hydrogens is 270 g/mol. The van der Waals surface area contributed by atoms with Crippen molar-refractivity contribution in [2.45, 2.75) is 12.5 Å². The Hall–Kier alpha value is -1.40. The SMILES string of the molecule is CO[C@H]1CN(C(=O)/C=C/CN(C)C)C[C@H]1CC(=O)N(C)C. The van der Waals surface area contributed by atoms with Crippen molar-refractivity contribution >= 4 is 11.8 Å². The quantitative estimate of drug-likeness (QED) is 0.650. The van der Waals surface area contributed by atoms with Gasteiger partial charge in [0.25, 0.3) is 0 Å². The van der Waals surface area contributed by atoms with Crippen LogP contribution < -0.4 is 0 Å². The normalized spacial score (nSPS) is 22.3. The molecule has 1 aliphatic rings.